The molecular formula is C14H19NOS. The van der Waals surface area contributed by atoms with E-state index in [1.807, 2.05) is 0 Å². The van der Waals surface area contributed by atoms with Gasteiger partial charge >= 0.3 is 0 Å². The fourth-order valence-electron chi connectivity index (χ4n) is 2.58. The molecule has 1 aliphatic heterocycles. The lowest BCUT2D eigenvalue weighted by Gasteiger charge is -2.30. The van der Waals surface area contributed by atoms with Crippen molar-refractivity contribution in [2.45, 2.75) is 55.3 Å². The number of fused-ring (bicyclic) bond motifs is 1. The number of nitrogens with one attached hydrogen (secondary N) is 1. The first-order valence-corrected chi connectivity index (χ1v) is 7.63. The van der Waals surface area contributed by atoms with E-state index in [2.05, 4.69) is 37.4 Å². The molecule has 0 spiro atoms. The van der Waals surface area contributed by atoms with Gasteiger partial charge in [0.25, 0.3) is 0 Å². The second-order valence-electron chi connectivity index (χ2n) is 5.38. The maximum atomic E-state index is 12.3. The second-order valence-corrected chi connectivity index (χ2v) is 7.22. The molecule has 1 aliphatic carbocycles. The van der Waals surface area contributed by atoms with Gasteiger partial charge in [-0.2, -0.15) is 0 Å². The quantitative estimate of drug-likeness (QED) is 0.873. The molecule has 2 nitrogen and oxygen atoms in total. The summed E-state index contributed by atoms with van der Waals surface area (Å²) >= 11 is 0. The van der Waals surface area contributed by atoms with Crippen LogP contribution in [-0.4, -0.2) is 15.5 Å². The van der Waals surface area contributed by atoms with Crippen molar-refractivity contribution in [1.29, 1.82) is 0 Å². The Bertz CT molecular complexity index is 467. The van der Waals surface area contributed by atoms with E-state index in [1.54, 1.807) is 0 Å². The van der Waals surface area contributed by atoms with E-state index < -0.39 is 10.8 Å². The molecule has 3 unspecified atom stereocenters. The summed E-state index contributed by atoms with van der Waals surface area (Å²) in [7, 11) is -0.823. The predicted molar refractivity (Wildman–Crippen MR) is 70.6 cm³/mol. The zero-order chi connectivity index (χ0) is 12.0. The first-order valence-electron chi connectivity index (χ1n) is 6.42. The number of benzene rings is 1. The number of rotatable bonds is 2. The normalized spacial score (nSPS) is 32.2. The van der Waals surface area contributed by atoms with Crippen molar-refractivity contribution in [2.24, 2.45) is 0 Å². The fourth-order valence-corrected chi connectivity index (χ4v) is 4.02. The van der Waals surface area contributed by atoms with Gasteiger partial charge in [-0.3, -0.25) is 4.21 Å². The minimum absolute atomic E-state index is 0.265. The van der Waals surface area contributed by atoms with E-state index in [4.69, 9.17) is 0 Å². The molecule has 92 valence electrons. The van der Waals surface area contributed by atoms with Crippen LogP contribution in [0.15, 0.2) is 23.1 Å². The van der Waals surface area contributed by atoms with E-state index in [-0.39, 0.29) is 5.25 Å². The predicted octanol–water partition coefficient (Wildman–Crippen LogP) is 2.69. The van der Waals surface area contributed by atoms with Crippen molar-refractivity contribution < 1.29 is 4.21 Å². The van der Waals surface area contributed by atoms with Crippen LogP contribution in [0.4, 0.5) is 0 Å². The summed E-state index contributed by atoms with van der Waals surface area (Å²) in [5.41, 5.74) is 2.53. The van der Waals surface area contributed by atoms with Crippen LogP contribution >= 0.6 is 0 Å². The minimum atomic E-state index is -0.823. The largest absolute Gasteiger partial charge is 0.307 e. The molecule has 0 saturated heterocycles. The Hall–Kier alpha value is -0.670. The van der Waals surface area contributed by atoms with Gasteiger partial charge in [0, 0.05) is 22.2 Å². The highest BCUT2D eigenvalue weighted by Gasteiger charge is 2.33. The highest BCUT2D eigenvalue weighted by atomic mass is 32.2. The molecule has 2 aliphatic rings. The Labute approximate surface area is 105 Å². The topological polar surface area (TPSA) is 29.1 Å². The summed E-state index contributed by atoms with van der Waals surface area (Å²) in [5.74, 6) is 0. The molecule has 1 heterocycles. The van der Waals surface area contributed by atoms with Crippen LogP contribution < -0.4 is 5.32 Å². The van der Waals surface area contributed by atoms with Gasteiger partial charge < -0.3 is 5.32 Å². The lowest BCUT2D eigenvalue weighted by Crippen LogP contribution is -2.33. The van der Waals surface area contributed by atoms with Crippen molar-refractivity contribution in [2.75, 3.05) is 0 Å². The summed E-state index contributed by atoms with van der Waals surface area (Å²) in [5, 5.41) is 3.96. The Morgan fingerprint density at radius 2 is 2.12 bits per heavy atom. The molecule has 0 bridgehead atoms. The van der Waals surface area contributed by atoms with Gasteiger partial charge in [-0.25, -0.2) is 0 Å². The minimum Gasteiger partial charge on any atom is -0.307 e. The molecule has 0 aromatic heterocycles. The monoisotopic (exact) mass is 249 g/mol. The van der Waals surface area contributed by atoms with Gasteiger partial charge in [0.05, 0.1) is 10.8 Å². The van der Waals surface area contributed by atoms with Crippen molar-refractivity contribution in [3.8, 4) is 0 Å². The smallest absolute Gasteiger partial charge is 0.0562 e. The molecule has 3 rings (SSSR count). The Balaban J connectivity index is 1.99. The summed E-state index contributed by atoms with van der Waals surface area (Å²) in [6.07, 6.45) is 3.60. The molecule has 0 amide bonds. The Morgan fingerprint density at radius 1 is 1.35 bits per heavy atom. The van der Waals surface area contributed by atoms with Gasteiger partial charge in [0.1, 0.15) is 0 Å². The molecule has 1 saturated carbocycles. The molecule has 1 aromatic carbocycles. The van der Waals surface area contributed by atoms with Crippen molar-refractivity contribution in [1.82, 2.24) is 5.32 Å². The van der Waals surface area contributed by atoms with E-state index in [1.165, 1.54) is 24.0 Å². The molecule has 17 heavy (non-hydrogen) atoms. The zero-order valence-corrected chi connectivity index (χ0v) is 11.2. The average molecular weight is 249 g/mol. The molecule has 1 aromatic rings. The maximum absolute atomic E-state index is 12.3. The highest BCUT2D eigenvalue weighted by Crippen LogP contribution is 2.36. The molecule has 1 N–H and O–H groups in total. The van der Waals surface area contributed by atoms with Crippen molar-refractivity contribution in [3.05, 3.63) is 29.3 Å². The highest BCUT2D eigenvalue weighted by molar-refractivity contribution is 7.85. The van der Waals surface area contributed by atoms with Gasteiger partial charge in [-0.15, -0.1) is 0 Å². The van der Waals surface area contributed by atoms with Crippen LogP contribution in [-0.2, 0) is 10.8 Å². The fraction of sp³-hybridized carbons (Fsp3) is 0.571. The third-order valence-corrected chi connectivity index (χ3v) is 5.43. The van der Waals surface area contributed by atoms with Crippen molar-refractivity contribution >= 4 is 10.8 Å². The van der Waals surface area contributed by atoms with Crippen LogP contribution in [0.2, 0.25) is 0 Å². The molecule has 1 fully saturated rings. The maximum Gasteiger partial charge on any atom is 0.0562 e. The van der Waals surface area contributed by atoms with E-state index in [0.717, 1.165) is 11.3 Å². The standard InChI is InChI=1S/C14H19NOS/c1-9-3-6-14-12(7-9)13(15-11-4-5-11)8-10(2)17(14)16/h3,6-7,10-11,13,15H,4-5,8H2,1-2H3. The van der Waals surface area contributed by atoms with Gasteiger partial charge in [0.15, 0.2) is 0 Å². The lowest BCUT2D eigenvalue weighted by molar-refractivity contribution is 0.475. The zero-order valence-electron chi connectivity index (χ0n) is 10.4. The Morgan fingerprint density at radius 3 is 2.82 bits per heavy atom. The first-order chi connectivity index (χ1) is 8.15. The van der Waals surface area contributed by atoms with E-state index in [9.17, 15) is 4.21 Å². The van der Waals surface area contributed by atoms with Gasteiger partial charge in [0.2, 0.25) is 0 Å². The van der Waals surface area contributed by atoms with Crippen LogP contribution in [0.25, 0.3) is 0 Å². The Kier molecular flexibility index (Phi) is 2.83. The van der Waals surface area contributed by atoms with E-state index in [0.29, 0.717) is 12.1 Å². The second kappa shape index (κ2) is 4.21. The molecule has 3 heteroatoms. The first kappa shape index (κ1) is 11.4. The van der Waals surface area contributed by atoms with Crippen molar-refractivity contribution in [3.63, 3.8) is 0 Å². The molecule has 0 radical (unpaired) electrons. The van der Waals surface area contributed by atoms with Crippen LogP contribution in [0, 0.1) is 6.92 Å². The summed E-state index contributed by atoms with van der Waals surface area (Å²) in [6.45, 7) is 4.20. The average Bonchev–Trinajstić information content (AvgIpc) is 3.09. The molecular weight excluding hydrogens is 230 g/mol. The van der Waals surface area contributed by atoms with Gasteiger partial charge in [-0.1, -0.05) is 24.6 Å². The van der Waals surface area contributed by atoms with E-state index >= 15 is 0 Å². The van der Waals surface area contributed by atoms with Crippen LogP contribution in [0.1, 0.15) is 43.4 Å². The SMILES string of the molecule is Cc1ccc2c(c1)C(NC1CC1)CC(C)S2=O. The number of hydrogen-bond donors (Lipinski definition) is 1. The summed E-state index contributed by atoms with van der Waals surface area (Å²) in [6, 6.07) is 7.44. The van der Waals surface area contributed by atoms with Crippen LogP contribution in [0.5, 0.6) is 0 Å². The van der Waals surface area contributed by atoms with Crippen LogP contribution in [0.3, 0.4) is 0 Å². The third kappa shape index (κ3) is 2.18. The molecule has 3 atom stereocenters. The van der Waals surface area contributed by atoms with Gasteiger partial charge in [-0.05, 0) is 37.8 Å². The summed E-state index contributed by atoms with van der Waals surface area (Å²) < 4.78 is 12.3. The lowest BCUT2D eigenvalue weighted by atomic mass is 9.99. The summed E-state index contributed by atoms with van der Waals surface area (Å²) in [4.78, 5) is 1.05. The number of hydrogen-bond acceptors (Lipinski definition) is 2. The number of aryl methyl sites for hydroxylation is 1. The third-order valence-electron chi connectivity index (χ3n) is 3.70.